The molecule has 0 fully saturated rings. The third-order valence-corrected chi connectivity index (χ3v) is 5.79. The van der Waals surface area contributed by atoms with E-state index in [1.807, 2.05) is 55.5 Å². The van der Waals surface area contributed by atoms with Gasteiger partial charge in [0.1, 0.15) is 0 Å². The third kappa shape index (κ3) is 5.18. The molecule has 0 saturated carbocycles. The number of ether oxygens (including phenoxy) is 2. The Labute approximate surface area is 213 Å². The topological polar surface area (TPSA) is 95.3 Å². The van der Waals surface area contributed by atoms with Crippen LogP contribution in [-0.2, 0) is 6.54 Å². The predicted molar refractivity (Wildman–Crippen MR) is 142 cm³/mol. The molecule has 0 spiro atoms. The summed E-state index contributed by atoms with van der Waals surface area (Å²) in [6.45, 7) is 2.22. The van der Waals surface area contributed by atoms with Crippen LogP contribution in [0.4, 0.5) is 5.69 Å². The van der Waals surface area contributed by atoms with Crippen LogP contribution < -0.4 is 20.3 Å². The van der Waals surface area contributed by atoms with E-state index in [-0.39, 0.29) is 17.8 Å². The molecule has 1 N–H and O–H groups in total. The summed E-state index contributed by atoms with van der Waals surface area (Å²) >= 11 is 0. The lowest BCUT2D eigenvalue weighted by atomic mass is 10.1. The second-order valence-electron chi connectivity index (χ2n) is 8.44. The van der Waals surface area contributed by atoms with E-state index in [4.69, 9.17) is 9.47 Å². The van der Waals surface area contributed by atoms with Gasteiger partial charge in [-0.15, -0.1) is 0 Å². The van der Waals surface area contributed by atoms with E-state index < -0.39 is 5.91 Å². The number of carbonyl (C=O) groups is 1. The third-order valence-electron chi connectivity index (χ3n) is 5.79. The molecule has 3 aromatic carbocycles. The molecule has 0 aliphatic rings. The van der Waals surface area contributed by atoms with Crippen LogP contribution >= 0.6 is 0 Å². The minimum atomic E-state index is -0.450. The Hall–Kier alpha value is -4.98. The smallest absolute Gasteiger partial charge is 0.276 e. The van der Waals surface area contributed by atoms with Crippen LogP contribution in [0.3, 0.4) is 0 Å². The van der Waals surface area contributed by atoms with E-state index >= 15 is 0 Å². The largest absolute Gasteiger partial charge is 0.493 e. The Morgan fingerprint density at radius 1 is 0.919 bits per heavy atom. The van der Waals surface area contributed by atoms with Gasteiger partial charge in [0.15, 0.2) is 17.2 Å². The first-order valence-corrected chi connectivity index (χ1v) is 11.7. The molecular weight excluding hydrogens is 468 g/mol. The summed E-state index contributed by atoms with van der Waals surface area (Å²) in [7, 11) is 1.58. The number of aromatic nitrogens is 3. The van der Waals surface area contributed by atoms with Gasteiger partial charge in [0.2, 0.25) is 5.88 Å². The van der Waals surface area contributed by atoms with Crippen molar-refractivity contribution in [2.75, 3.05) is 12.4 Å². The average molecular weight is 493 g/mol. The molecule has 0 unspecified atom stereocenters. The highest BCUT2D eigenvalue weighted by atomic mass is 16.5. The Morgan fingerprint density at radius 3 is 2.41 bits per heavy atom. The van der Waals surface area contributed by atoms with Crippen molar-refractivity contribution in [1.82, 2.24) is 14.8 Å². The normalized spacial score (nSPS) is 10.8. The maximum Gasteiger partial charge on any atom is 0.276 e. The van der Waals surface area contributed by atoms with Crippen LogP contribution in [0.15, 0.2) is 95.9 Å². The fourth-order valence-electron chi connectivity index (χ4n) is 3.94. The van der Waals surface area contributed by atoms with Gasteiger partial charge in [-0.05, 0) is 42.3 Å². The van der Waals surface area contributed by atoms with Crippen molar-refractivity contribution in [2.24, 2.45) is 0 Å². The van der Waals surface area contributed by atoms with Crippen molar-refractivity contribution in [1.29, 1.82) is 0 Å². The van der Waals surface area contributed by atoms with Gasteiger partial charge in [-0.25, -0.2) is 9.67 Å². The molecule has 0 atom stereocenters. The molecule has 2 aromatic heterocycles. The van der Waals surface area contributed by atoms with Crippen LogP contribution in [-0.4, -0.2) is 27.8 Å². The number of fused-ring (bicyclic) bond motifs is 1. The lowest BCUT2D eigenvalue weighted by Gasteiger charge is -2.12. The van der Waals surface area contributed by atoms with Crippen molar-refractivity contribution in [3.63, 3.8) is 0 Å². The van der Waals surface area contributed by atoms with Gasteiger partial charge >= 0.3 is 0 Å². The number of benzene rings is 3. The lowest BCUT2D eigenvalue weighted by Crippen LogP contribution is -2.28. The molecule has 1 amide bonds. The van der Waals surface area contributed by atoms with Crippen molar-refractivity contribution in [3.8, 4) is 17.4 Å². The summed E-state index contributed by atoms with van der Waals surface area (Å²) in [6, 6.07) is 25.4. The van der Waals surface area contributed by atoms with Crippen LogP contribution in [0, 0.1) is 6.92 Å². The number of nitrogens with zero attached hydrogens (tertiary/aromatic N) is 3. The molecule has 0 aliphatic carbocycles. The van der Waals surface area contributed by atoms with Gasteiger partial charge in [-0.1, -0.05) is 54.6 Å². The number of carbonyl (C=O) groups excluding carboxylic acids is 1. The quantitative estimate of drug-likeness (QED) is 0.336. The number of aryl methyl sites for hydroxylation is 1. The second kappa shape index (κ2) is 10.3. The number of methoxy groups -OCH3 is 1. The van der Waals surface area contributed by atoms with Gasteiger partial charge in [-0.2, -0.15) is 5.10 Å². The highest BCUT2D eigenvalue weighted by Gasteiger charge is 2.17. The molecule has 2 heterocycles. The summed E-state index contributed by atoms with van der Waals surface area (Å²) in [5.74, 6) is 1.03. The van der Waals surface area contributed by atoms with Crippen molar-refractivity contribution < 1.29 is 14.3 Å². The van der Waals surface area contributed by atoms with E-state index in [2.05, 4.69) is 15.4 Å². The van der Waals surface area contributed by atoms with Gasteiger partial charge in [0, 0.05) is 11.5 Å². The van der Waals surface area contributed by atoms with Gasteiger partial charge in [-0.3, -0.25) is 9.59 Å². The van der Waals surface area contributed by atoms with Crippen LogP contribution in [0.1, 0.15) is 21.6 Å². The number of nitrogens with one attached hydrogen (secondary N) is 1. The number of rotatable bonds is 7. The fourth-order valence-corrected chi connectivity index (χ4v) is 3.94. The molecule has 5 rings (SSSR count). The summed E-state index contributed by atoms with van der Waals surface area (Å²) in [5, 5.41) is 8.15. The van der Waals surface area contributed by atoms with Gasteiger partial charge in [0.25, 0.3) is 11.5 Å². The number of hydrogen-bond acceptors (Lipinski definition) is 6. The Kier molecular flexibility index (Phi) is 6.63. The predicted octanol–water partition coefficient (Wildman–Crippen LogP) is 5.20. The van der Waals surface area contributed by atoms with Crippen molar-refractivity contribution >= 4 is 22.4 Å². The Balaban J connectivity index is 1.40. The van der Waals surface area contributed by atoms with E-state index in [0.717, 1.165) is 11.1 Å². The minimum absolute atomic E-state index is 0.149. The highest BCUT2D eigenvalue weighted by molar-refractivity contribution is 6.11. The maximum atomic E-state index is 13.3. The molecule has 0 bridgehead atoms. The maximum absolute atomic E-state index is 13.3. The standard InChI is InChI=1S/C29H24N4O4/c1-19-12-14-24(25(16-19)36-2)37-26-15-13-21(17-30-26)31-28(34)27-22-10-6-7-11-23(22)29(35)33(32-27)18-20-8-4-3-5-9-20/h3-17H,18H2,1-2H3,(H,31,34). The monoisotopic (exact) mass is 492 g/mol. The molecule has 8 nitrogen and oxygen atoms in total. The van der Waals surface area contributed by atoms with Crippen LogP contribution in [0.5, 0.6) is 17.4 Å². The van der Waals surface area contributed by atoms with E-state index in [9.17, 15) is 9.59 Å². The zero-order valence-corrected chi connectivity index (χ0v) is 20.3. The van der Waals surface area contributed by atoms with Gasteiger partial charge < -0.3 is 14.8 Å². The SMILES string of the molecule is COc1cc(C)ccc1Oc1ccc(NC(=O)c2nn(Cc3ccccc3)c(=O)c3ccccc23)cn1. The Bertz CT molecular complexity index is 1630. The van der Waals surface area contributed by atoms with E-state index in [1.54, 1.807) is 43.5 Å². The van der Waals surface area contributed by atoms with Gasteiger partial charge in [0.05, 0.1) is 30.9 Å². The minimum Gasteiger partial charge on any atom is -0.493 e. The number of amides is 1. The number of anilines is 1. The summed E-state index contributed by atoms with van der Waals surface area (Å²) in [4.78, 5) is 30.6. The van der Waals surface area contributed by atoms with E-state index in [0.29, 0.717) is 33.8 Å². The van der Waals surface area contributed by atoms with Crippen LogP contribution in [0.25, 0.3) is 10.8 Å². The van der Waals surface area contributed by atoms with Crippen LogP contribution in [0.2, 0.25) is 0 Å². The molecule has 0 aliphatic heterocycles. The summed E-state index contributed by atoms with van der Waals surface area (Å²) < 4.78 is 12.5. The first kappa shape index (κ1) is 23.7. The number of pyridine rings is 1. The number of hydrogen-bond donors (Lipinski definition) is 1. The zero-order valence-electron chi connectivity index (χ0n) is 20.3. The molecule has 37 heavy (non-hydrogen) atoms. The molecule has 8 heteroatoms. The summed E-state index contributed by atoms with van der Waals surface area (Å²) in [5.41, 5.74) is 2.30. The fraction of sp³-hybridized carbons (Fsp3) is 0.103. The van der Waals surface area contributed by atoms with Crippen molar-refractivity contribution in [3.05, 3.63) is 118 Å². The highest BCUT2D eigenvalue weighted by Crippen LogP contribution is 2.31. The average Bonchev–Trinajstić information content (AvgIpc) is 2.93. The second-order valence-corrected chi connectivity index (χ2v) is 8.44. The molecule has 0 saturated heterocycles. The first-order valence-electron chi connectivity index (χ1n) is 11.7. The zero-order chi connectivity index (χ0) is 25.8. The first-order chi connectivity index (χ1) is 18.0. The van der Waals surface area contributed by atoms with E-state index in [1.165, 1.54) is 10.9 Å². The molecule has 0 radical (unpaired) electrons. The summed E-state index contributed by atoms with van der Waals surface area (Å²) in [6.07, 6.45) is 1.50. The molecule has 5 aromatic rings. The van der Waals surface area contributed by atoms with Crippen molar-refractivity contribution in [2.45, 2.75) is 13.5 Å². The molecular formula is C29H24N4O4. The molecule has 184 valence electrons. The lowest BCUT2D eigenvalue weighted by molar-refractivity contribution is 0.102. The Morgan fingerprint density at radius 2 is 1.68 bits per heavy atom.